The number of sulfonamides is 1. The first-order valence-electron chi connectivity index (χ1n) is 8.13. The van der Waals surface area contributed by atoms with Crippen LogP contribution >= 0.6 is 0 Å². The van der Waals surface area contributed by atoms with Gasteiger partial charge < -0.3 is 10.1 Å². The molecule has 2 aromatic carbocycles. The van der Waals surface area contributed by atoms with E-state index in [9.17, 15) is 18.0 Å². The SMILES string of the molecule is COC(=O)c1cccc(NC(=O)[C@@H](c2ccccc2)N(C)S(C)(=O)=O)c1C. The molecule has 0 fully saturated rings. The van der Waals surface area contributed by atoms with Gasteiger partial charge in [0.15, 0.2) is 0 Å². The van der Waals surface area contributed by atoms with Crippen LogP contribution in [0.25, 0.3) is 0 Å². The molecule has 0 saturated carbocycles. The Balaban J connectivity index is 2.42. The summed E-state index contributed by atoms with van der Waals surface area (Å²) < 4.78 is 29.8. The maximum Gasteiger partial charge on any atom is 0.338 e. The van der Waals surface area contributed by atoms with Crippen LogP contribution < -0.4 is 5.32 Å². The van der Waals surface area contributed by atoms with Gasteiger partial charge in [0.1, 0.15) is 6.04 Å². The number of likely N-dealkylation sites (N-methyl/N-ethyl adjacent to an activating group) is 1. The largest absolute Gasteiger partial charge is 0.465 e. The second-order valence-electron chi connectivity index (χ2n) is 6.05. The van der Waals surface area contributed by atoms with E-state index in [1.165, 1.54) is 14.2 Å². The summed E-state index contributed by atoms with van der Waals surface area (Å²) in [6.07, 6.45) is 1.04. The van der Waals surface area contributed by atoms with E-state index in [-0.39, 0.29) is 0 Å². The number of methoxy groups -OCH3 is 1. The molecule has 0 saturated heterocycles. The molecule has 0 bridgehead atoms. The van der Waals surface area contributed by atoms with Crippen molar-refractivity contribution in [1.82, 2.24) is 4.31 Å². The molecule has 144 valence electrons. The lowest BCUT2D eigenvalue weighted by atomic mass is 10.0. The van der Waals surface area contributed by atoms with E-state index in [0.29, 0.717) is 22.4 Å². The number of hydrogen-bond donors (Lipinski definition) is 1. The van der Waals surface area contributed by atoms with E-state index < -0.39 is 27.9 Å². The van der Waals surface area contributed by atoms with Crippen LogP contribution in [0.1, 0.15) is 27.5 Å². The van der Waals surface area contributed by atoms with Crippen LogP contribution in [-0.4, -0.2) is 45.0 Å². The Morgan fingerprint density at radius 3 is 2.26 bits per heavy atom. The Bertz CT molecular complexity index is 942. The van der Waals surface area contributed by atoms with E-state index in [0.717, 1.165) is 10.6 Å². The van der Waals surface area contributed by atoms with Gasteiger partial charge in [0.05, 0.1) is 18.9 Å². The number of amides is 1. The third-order valence-corrected chi connectivity index (χ3v) is 5.50. The van der Waals surface area contributed by atoms with Crippen molar-refractivity contribution in [1.29, 1.82) is 0 Å². The number of carbonyl (C=O) groups is 2. The first-order valence-corrected chi connectivity index (χ1v) is 9.98. The van der Waals surface area contributed by atoms with Gasteiger partial charge in [0.2, 0.25) is 15.9 Å². The van der Waals surface area contributed by atoms with Crippen LogP contribution in [0.5, 0.6) is 0 Å². The summed E-state index contributed by atoms with van der Waals surface area (Å²) in [7, 11) is -0.996. The molecular formula is C19H22N2O5S. The van der Waals surface area contributed by atoms with Crippen molar-refractivity contribution in [3.63, 3.8) is 0 Å². The van der Waals surface area contributed by atoms with Crippen LogP contribution in [0, 0.1) is 6.92 Å². The molecule has 0 aliphatic rings. The van der Waals surface area contributed by atoms with Gasteiger partial charge in [-0.15, -0.1) is 0 Å². The van der Waals surface area contributed by atoms with Gasteiger partial charge in [-0.05, 0) is 30.2 Å². The average molecular weight is 390 g/mol. The molecular weight excluding hydrogens is 368 g/mol. The summed E-state index contributed by atoms with van der Waals surface area (Å²) in [6.45, 7) is 1.68. The third-order valence-electron chi connectivity index (χ3n) is 4.25. The average Bonchev–Trinajstić information content (AvgIpc) is 2.63. The highest BCUT2D eigenvalue weighted by Crippen LogP contribution is 2.26. The molecule has 0 aromatic heterocycles. The van der Waals surface area contributed by atoms with E-state index >= 15 is 0 Å². The quantitative estimate of drug-likeness (QED) is 0.765. The van der Waals surface area contributed by atoms with Crippen molar-refractivity contribution in [2.75, 3.05) is 25.7 Å². The molecule has 0 unspecified atom stereocenters. The summed E-state index contributed by atoms with van der Waals surface area (Å²) >= 11 is 0. The highest BCUT2D eigenvalue weighted by molar-refractivity contribution is 7.88. The zero-order valence-corrected chi connectivity index (χ0v) is 16.4. The lowest BCUT2D eigenvalue weighted by Crippen LogP contribution is -2.38. The smallest absolute Gasteiger partial charge is 0.338 e. The molecule has 0 aliphatic heterocycles. The minimum atomic E-state index is -3.62. The number of hydrogen-bond acceptors (Lipinski definition) is 5. The summed E-state index contributed by atoms with van der Waals surface area (Å²) in [5.41, 5.74) is 1.80. The van der Waals surface area contributed by atoms with Crippen molar-refractivity contribution in [3.8, 4) is 0 Å². The predicted octanol–water partition coefficient (Wildman–Crippen LogP) is 2.35. The van der Waals surface area contributed by atoms with Crippen LogP contribution in [-0.2, 0) is 19.6 Å². The fourth-order valence-electron chi connectivity index (χ4n) is 2.66. The molecule has 0 spiro atoms. The molecule has 2 aromatic rings. The van der Waals surface area contributed by atoms with Gasteiger partial charge in [0.25, 0.3) is 0 Å². The first-order chi connectivity index (χ1) is 12.7. The van der Waals surface area contributed by atoms with Crippen LogP contribution in [0.2, 0.25) is 0 Å². The van der Waals surface area contributed by atoms with E-state index in [2.05, 4.69) is 5.32 Å². The summed E-state index contributed by atoms with van der Waals surface area (Å²) in [4.78, 5) is 24.8. The van der Waals surface area contributed by atoms with Crippen LogP contribution in [0.3, 0.4) is 0 Å². The Morgan fingerprint density at radius 1 is 1.07 bits per heavy atom. The molecule has 0 radical (unpaired) electrons. The second-order valence-corrected chi connectivity index (χ2v) is 8.09. The molecule has 27 heavy (non-hydrogen) atoms. The lowest BCUT2D eigenvalue weighted by Gasteiger charge is -2.26. The number of carbonyl (C=O) groups excluding carboxylic acids is 2. The first kappa shape index (κ1) is 20.6. The Labute approximate surface area is 159 Å². The number of ether oxygens (including phenoxy) is 1. The molecule has 2 rings (SSSR count). The van der Waals surface area contributed by atoms with Gasteiger partial charge in [-0.1, -0.05) is 36.4 Å². The second kappa shape index (κ2) is 8.32. The molecule has 7 nitrogen and oxygen atoms in total. The fraction of sp³-hybridized carbons (Fsp3) is 0.263. The Kier molecular flexibility index (Phi) is 6.35. The van der Waals surface area contributed by atoms with Gasteiger partial charge >= 0.3 is 5.97 Å². The molecule has 0 heterocycles. The van der Waals surface area contributed by atoms with Gasteiger partial charge in [-0.3, -0.25) is 4.79 Å². The monoisotopic (exact) mass is 390 g/mol. The molecule has 1 atom stereocenters. The van der Waals surface area contributed by atoms with E-state index in [1.807, 2.05) is 0 Å². The highest BCUT2D eigenvalue weighted by atomic mass is 32.2. The maximum absolute atomic E-state index is 13.0. The predicted molar refractivity (Wildman–Crippen MR) is 103 cm³/mol. The summed E-state index contributed by atoms with van der Waals surface area (Å²) in [5, 5.41) is 2.73. The van der Waals surface area contributed by atoms with Crippen LogP contribution in [0.15, 0.2) is 48.5 Å². The number of anilines is 1. The van der Waals surface area contributed by atoms with E-state index in [1.54, 1.807) is 55.5 Å². The Hall–Kier alpha value is -2.71. The number of nitrogens with zero attached hydrogens (tertiary/aromatic N) is 1. The van der Waals surface area contributed by atoms with Crippen molar-refractivity contribution >= 4 is 27.6 Å². The summed E-state index contributed by atoms with van der Waals surface area (Å²) in [5.74, 6) is -1.05. The number of esters is 1. The van der Waals surface area contributed by atoms with E-state index in [4.69, 9.17) is 4.74 Å². The minimum absolute atomic E-state index is 0.322. The highest BCUT2D eigenvalue weighted by Gasteiger charge is 2.31. The minimum Gasteiger partial charge on any atom is -0.465 e. The van der Waals surface area contributed by atoms with Gasteiger partial charge in [0, 0.05) is 12.7 Å². The Morgan fingerprint density at radius 2 is 1.70 bits per heavy atom. The normalized spacial score (nSPS) is 12.5. The lowest BCUT2D eigenvalue weighted by molar-refractivity contribution is -0.119. The maximum atomic E-state index is 13.0. The molecule has 1 amide bonds. The topological polar surface area (TPSA) is 92.8 Å². The standard InChI is InChI=1S/C19H22N2O5S/c1-13-15(19(23)26-3)11-8-12-16(13)20-18(22)17(21(2)27(4,24)25)14-9-6-5-7-10-14/h5-12,17H,1-4H3,(H,20,22)/t17-/m1/s1. The molecule has 0 aliphatic carbocycles. The van der Waals surface area contributed by atoms with Crippen molar-refractivity contribution < 1.29 is 22.7 Å². The number of nitrogens with one attached hydrogen (secondary N) is 1. The zero-order chi connectivity index (χ0) is 20.2. The number of benzene rings is 2. The summed E-state index contributed by atoms with van der Waals surface area (Å²) in [6, 6.07) is 12.4. The third kappa shape index (κ3) is 4.72. The van der Waals surface area contributed by atoms with Crippen LogP contribution in [0.4, 0.5) is 5.69 Å². The van der Waals surface area contributed by atoms with Crippen molar-refractivity contribution in [3.05, 3.63) is 65.2 Å². The van der Waals surface area contributed by atoms with Gasteiger partial charge in [-0.25, -0.2) is 13.2 Å². The van der Waals surface area contributed by atoms with Crippen molar-refractivity contribution in [2.24, 2.45) is 0 Å². The molecule has 1 N–H and O–H groups in total. The number of rotatable bonds is 6. The molecule has 8 heteroatoms. The zero-order valence-electron chi connectivity index (χ0n) is 15.6. The van der Waals surface area contributed by atoms with Gasteiger partial charge in [-0.2, -0.15) is 4.31 Å². The fourth-order valence-corrected chi connectivity index (χ4v) is 3.26. The van der Waals surface area contributed by atoms with Crippen molar-refractivity contribution in [2.45, 2.75) is 13.0 Å².